The van der Waals surface area contributed by atoms with E-state index < -0.39 is 0 Å². The molecule has 2 amide bonds. The Balaban J connectivity index is 1.70. The number of carbonyl (C=O) groups excluding carboxylic acids is 2. The topological polar surface area (TPSA) is 57.6 Å². The van der Waals surface area contributed by atoms with E-state index in [0.717, 1.165) is 29.0 Å². The van der Waals surface area contributed by atoms with Crippen molar-refractivity contribution in [2.45, 2.75) is 32.2 Å². The average Bonchev–Trinajstić information content (AvgIpc) is 3.10. The van der Waals surface area contributed by atoms with Crippen LogP contribution >= 0.6 is 11.3 Å². The minimum atomic E-state index is -0.00457. The fourth-order valence-electron chi connectivity index (χ4n) is 3.03. The normalized spacial score (nSPS) is 24.1. The van der Waals surface area contributed by atoms with E-state index in [4.69, 9.17) is 5.11 Å². The van der Waals surface area contributed by atoms with Crippen LogP contribution in [0.5, 0.6) is 0 Å². The van der Waals surface area contributed by atoms with E-state index >= 15 is 0 Å². The van der Waals surface area contributed by atoms with Gasteiger partial charge in [0.25, 0.3) is 0 Å². The van der Waals surface area contributed by atoms with Gasteiger partial charge in [0.1, 0.15) is 0 Å². The number of aliphatic hydroxyl groups is 1. The summed E-state index contributed by atoms with van der Waals surface area (Å²) in [7, 11) is 0. The molecule has 5 heteroatoms. The second-order valence-corrected chi connectivity index (χ2v) is 6.68. The molecular formula is C16H17NO3S. The lowest BCUT2D eigenvalue weighted by Crippen LogP contribution is -2.45. The summed E-state index contributed by atoms with van der Waals surface area (Å²) in [5, 5.41) is 8.70. The molecule has 1 aliphatic heterocycles. The summed E-state index contributed by atoms with van der Waals surface area (Å²) in [6.45, 7) is 0.432. The maximum Gasteiger partial charge on any atom is 0.232 e. The fourth-order valence-corrected chi connectivity index (χ4v) is 3.90. The number of fused-ring (bicyclic) bond motifs is 2. The predicted octanol–water partition coefficient (Wildman–Crippen LogP) is 1.77. The number of aliphatic hydroxyl groups excluding tert-OH is 1. The van der Waals surface area contributed by atoms with Crippen molar-refractivity contribution in [2.75, 3.05) is 6.61 Å². The minimum absolute atomic E-state index is 0.00457. The second-order valence-electron chi connectivity index (χ2n) is 5.51. The molecule has 0 radical (unpaired) electrons. The number of likely N-dealkylation sites (tertiary alicyclic amines) is 1. The Hall–Kier alpha value is -1.64. The largest absolute Gasteiger partial charge is 0.395 e. The van der Waals surface area contributed by atoms with Gasteiger partial charge in [-0.25, -0.2) is 0 Å². The van der Waals surface area contributed by atoms with E-state index in [1.807, 2.05) is 12.1 Å². The van der Waals surface area contributed by atoms with Crippen molar-refractivity contribution >= 4 is 23.2 Å². The van der Waals surface area contributed by atoms with Crippen LogP contribution in [-0.4, -0.2) is 28.4 Å². The van der Waals surface area contributed by atoms with Gasteiger partial charge in [-0.3, -0.25) is 14.5 Å². The molecule has 1 aromatic heterocycles. The summed E-state index contributed by atoms with van der Waals surface area (Å²) >= 11 is 1.50. The minimum Gasteiger partial charge on any atom is -0.395 e. The molecule has 2 atom stereocenters. The van der Waals surface area contributed by atoms with E-state index in [1.165, 1.54) is 16.2 Å². The van der Waals surface area contributed by atoms with Crippen LogP contribution in [0.3, 0.4) is 0 Å². The molecule has 1 aliphatic carbocycles. The molecule has 1 N–H and O–H groups in total. The lowest BCUT2D eigenvalue weighted by molar-refractivity contribution is -0.153. The van der Waals surface area contributed by atoms with Crippen LogP contribution in [0.4, 0.5) is 0 Å². The Kier molecular flexibility index (Phi) is 4.09. The van der Waals surface area contributed by atoms with E-state index in [-0.39, 0.29) is 30.3 Å². The summed E-state index contributed by atoms with van der Waals surface area (Å²) in [6, 6.07) is 3.82. The Labute approximate surface area is 127 Å². The van der Waals surface area contributed by atoms with Crippen LogP contribution in [-0.2, 0) is 16.1 Å². The molecule has 0 spiro atoms. The zero-order valence-electron chi connectivity index (χ0n) is 11.7. The van der Waals surface area contributed by atoms with Gasteiger partial charge in [-0.1, -0.05) is 11.8 Å². The van der Waals surface area contributed by atoms with Crippen LogP contribution in [0.1, 0.15) is 35.4 Å². The molecule has 4 nitrogen and oxygen atoms in total. The molecule has 2 aliphatic rings. The molecule has 2 heterocycles. The number of amides is 2. The van der Waals surface area contributed by atoms with Gasteiger partial charge >= 0.3 is 0 Å². The summed E-state index contributed by atoms with van der Waals surface area (Å²) in [6.07, 6.45) is 2.91. The highest BCUT2D eigenvalue weighted by atomic mass is 32.1. The van der Waals surface area contributed by atoms with Gasteiger partial charge in [0.2, 0.25) is 11.8 Å². The number of imide groups is 1. The molecule has 1 saturated heterocycles. The van der Waals surface area contributed by atoms with Crippen molar-refractivity contribution in [3.05, 3.63) is 21.9 Å². The molecule has 1 aromatic rings. The van der Waals surface area contributed by atoms with Gasteiger partial charge in [0, 0.05) is 23.1 Å². The second kappa shape index (κ2) is 6.00. The number of nitrogens with zero attached hydrogens (tertiary/aromatic N) is 1. The first-order chi connectivity index (χ1) is 10.2. The molecule has 2 unspecified atom stereocenters. The van der Waals surface area contributed by atoms with E-state index in [1.54, 1.807) is 0 Å². The summed E-state index contributed by atoms with van der Waals surface area (Å²) in [5.74, 6) is 5.94. The lowest BCUT2D eigenvalue weighted by atomic mass is 9.97. The van der Waals surface area contributed by atoms with Crippen LogP contribution < -0.4 is 0 Å². The predicted molar refractivity (Wildman–Crippen MR) is 79.3 cm³/mol. The van der Waals surface area contributed by atoms with Crippen LogP contribution in [0, 0.1) is 23.7 Å². The first-order valence-corrected chi connectivity index (χ1v) is 8.04. The maximum atomic E-state index is 12.3. The third-order valence-electron chi connectivity index (χ3n) is 4.09. The van der Waals surface area contributed by atoms with Crippen LogP contribution in [0.15, 0.2) is 12.1 Å². The monoisotopic (exact) mass is 303 g/mol. The van der Waals surface area contributed by atoms with Gasteiger partial charge in [0.15, 0.2) is 0 Å². The highest BCUT2D eigenvalue weighted by Gasteiger charge is 2.45. The zero-order chi connectivity index (χ0) is 14.8. The Morgan fingerprint density at radius 1 is 1.24 bits per heavy atom. The average molecular weight is 303 g/mol. The highest BCUT2D eigenvalue weighted by Crippen LogP contribution is 2.38. The van der Waals surface area contributed by atoms with Crippen molar-refractivity contribution in [3.63, 3.8) is 0 Å². The van der Waals surface area contributed by atoms with Crippen LogP contribution in [0.25, 0.3) is 0 Å². The Bertz CT molecular complexity index is 603. The number of carbonyl (C=O) groups is 2. The SMILES string of the molecule is O=C1C2CCC(C2)C(=O)N1Cc1ccc(C#CCCO)s1. The van der Waals surface area contributed by atoms with E-state index in [9.17, 15) is 9.59 Å². The van der Waals surface area contributed by atoms with Crippen molar-refractivity contribution in [2.24, 2.45) is 11.8 Å². The molecule has 0 aromatic carbocycles. The van der Waals surface area contributed by atoms with Crippen molar-refractivity contribution in [1.82, 2.24) is 4.90 Å². The van der Waals surface area contributed by atoms with E-state index in [2.05, 4.69) is 11.8 Å². The molecule has 110 valence electrons. The highest BCUT2D eigenvalue weighted by molar-refractivity contribution is 7.12. The van der Waals surface area contributed by atoms with Gasteiger partial charge < -0.3 is 5.11 Å². The van der Waals surface area contributed by atoms with Crippen LogP contribution in [0.2, 0.25) is 0 Å². The molecule has 21 heavy (non-hydrogen) atoms. The first kappa shape index (κ1) is 14.3. The third-order valence-corrected chi connectivity index (χ3v) is 5.07. The number of thiophene rings is 1. The third kappa shape index (κ3) is 2.87. The zero-order valence-corrected chi connectivity index (χ0v) is 12.5. The number of piperidine rings is 1. The van der Waals surface area contributed by atoms with Gasteiger partial charge in [-0.15, -0.1) is 11.3 Å². The molecule has 1 saturated carbocycles. The number of hydrogen-bond acceptors (Lipinski definition) is 4. The molecular weight excluding hydrogens is 286 g/mol. The van der Waals surface area contributed by atoms with Crippen molar-refractivity contribution < 1.29 is 14.7 Å². The van der Waals surface area contributed by atoms with E-state index in [0.29, 0.717) is 13.0 Å². The smallest absolute Gasteiger partial charge is 0.232 e. The summed E-state index contributed by atoms with van der Waals surface area (Å²) in [4.78, 5) is 27.9. The first-order valence-electron chi connectivity index (χ1n) is 7.22. The van der Waals surface area contributed by atoms with Gasteiger partial charge in [0.05, 0.1) is 18.0 Å². The van der Waals surface area contributed by atoms with Crippen molar-refractivity contribution in [3.8, 4) is 11.8 Å². The summed E-state index contributed by atoms with van der Waals surface area (Å²) in [5.41, 5.74) is 0. The number of hydrogen-bond donors (Lipinski definition) is 1. The number of rotatable bonds is 3. The Morgan fingerprint density at radius 3 is 2.62 bits per heavy atom. The lowest BCUT2D eigenvalue weighted by Gasteiger charge is -2.29. The molecule has 2 fully saturated rings. The van der Waals surface area contributed by atoms with Crippen molar-refractivity contribution in [1.29, 1.82) is 0 Å². The maximum absolute atomic E-state index is 12.3. The Morgan fingerprint density at radius 2 is 1.95 bits per heavy atom. The molecule has 2 bridgehead atoms. The molecule has 3 rings (SSSR count). The van der Waals surface area contributed by atoms with Gasteiger partial charge in [-0.05, 0) is 31.4 Å². The fraction of sp³-hybridized carbons (Fsp3) is 0.500. The quantitative estimate of drug-likeness (QED) is 0.684. The summed E-state index contributed by atoms with van der Waals surface area (Å²) < 4.78 is 0. The van der Waals surface area contributed by atoms with Gasteiger partial charge in [-0.2, -0.15) is 0 Å². The standard InChI is InChI=1S/C16H17NO3S/c18-8-2-1-3-13-6-7-14(21-13)10-17-15(19)11-4-5-12(9-11)16(17)20/h6-7,11-12,18H,2,4-5,8-10H2.